The summed E-state index contributed by atoms with van der Waals surface area (Å²) >= 11 is 14.9. The van der Waals surface area contributed by atoms with Crippen molar-refractivity contribution >= 4 is 58.3 Å². The number of thiazole rings is 1. The highest BCUT2D eigenvalue weighted by Crippen LogP contribution is 2.37. The van der Waals surface area contributed by atoms with Gasteiger partial charge in [-0.1, -0.05) is 46.3 Å². The first-order chi connectivity index (χ1) is 18.3. The van der Waals surface area contributed by atoms with Crippen molar-refractivity contribution in [2.45, 2.75) is 23.0 Å². The molecule has 0 aliphatic carbocycles. The van der Waals surface area contributed by atoms with Crippen LogP contribution >= 0.6 is 46.3 Å². The number of fused-ring (bicyclic) bond motifs is 1. The molecule has 2 aromatic heterocycles. The van der Waals surface area contributed by atoms with Crippen LogP contribution in [0, 0.1) is 0 Å². The van der Waals surface area contributed by atoms with Gasteiger partial charge in [-0.05, 0) is 61.5 Å². The Balaban J connectivity index is 1.61. The minimum absolute atomic E-state index is 0.228. The smallest absolute Gasteiger partial charge is 0.338 e. The molecule has 7 nitrogen and oxygen atoms in total. The molecule has 4 aromatic rings. The second-order valence-corrected chi connectivity index (χ2v) is 11.1. The average molecular weight is 588 g/mol. The van der Waals surface area contributed by atoms with Crippen molar-refractivity contribution in [3.05, 3.63) is 107 Å². The van der Waals surface area contributed by atoms with Crippen molar-refractivity contribution in [3.8, 4) is 5.75 Å². The van der Waals surface area contributed by atoms with Gasteiger partial charge in [-0.15, -0.1) is 0 Å². The number of benzene rings is 2. The molecule has 0 bridgehead atoms. The summed E-state index contributed by atoms with van der Waals surface area (Å²) in [7, 11) is 2.80. The molecule has 0 saturated carbocycles. The molecule has 0 amide bonds. The second-order valence-electron chi connectivity index (χ2n) is 8.17. The molecular weight excluding hydrogens is 567 g/mol. The number of carbonyl (C=O) groups excluding carboxylic acids is 1. The molecule has 0 saturated heterocycles. The molecule has 1 aliphatic rings. The summed E-state index contributed by atoms with van der Waals surface area (Å²) in [6.45, 7) is 1.71. The van der Waals surface area contributed by atoms with Crippen LogP contribution < -0.4 is 19.6 Å². The van der Waals surface area contributed by atoms with Crippen molar-refractivity contribution in [1.29, 1.82) is 0 Å². The van der Waals surface area contributed by atoms with E-state index >= 15 is 0 Å². The molecule has 11 heteroatoms. The van der Waals surface area contributed by atoms with E-state index in [4.69, 9.17) is 37.1 Å². The van der Waals surface area contributed by atoms with Crippen LogP contribution in [0.4, 0.5) is 0 Å². The topological polar surface area (TPSA) is 83.0 Å². The molecule has 1 atom stereocenters. The van der Waals surface area contributed by atoms with Crippen LogP contribution in [0.3, 0.4) is 0 Å². The predicted octanol–water partition coefficient (Wildman–Crippen LogP) is 5.47. The lowest BCUT2D eigenvalue weighted by Crippen LogP contribution is -2.40. The number of esters is 1. The Kier molecular flexibility index (Phi) is 7.54. The van der Waals surface area contributed by atoms with E-state index in [1.807, 2.05) is 30.3 Å². The molecule has 0 fully saturated rings. The van der Waals surface area contributed by atoms with Crippen molar-refractivity contribution in [1.82, 2.24) is 4.57 Å². The Morgan fingerprint density at radius 3 is 2.55 bits per heavy atom. The van der Waals surface area contributed by atoms with Gasteiger partial charge in [-0.25, -0.2) is 9.79 Å². The first-order valence-electron chi connectivity index (χ1n) is 11.3. The van der Waals surface area contributed by atoms with Gasteiger partial charge < -0.3 is 13.9 Å². The maximum atomic E-state index is 13.8. The Morgan fingerprint density at radius 2 is 1.84 bits per heavy atom. The number of allylic oxidation sites excluding steroid dienone is 1. The van der Waals surface area contributed by atoms with Gasteiger partial charge >= 0.3 is 5.97 Å². The van der Waals surface area contributed by atoms with Crippen LogP contribution in [0.15, 0.2) is 90.1 Å². The molecule has 0 radical (unpaired) electrons. The van der Waals surface area contributed by atoms with E-state index in [2.05, 4.69) is 4.99 Å². The number of rotatable bonds is 6. The second kappa shape index (κ2) is 10.9. The van der Waals surface area contributed by atoms with Crippen molar-refractivity contribution < 1.29 is 18.7 Å². The average Bonchev–Trinajstić information content (AvgIpc) is 3.47. The van der Waals surface area contributed by atoms with Crippen LogP contribution in [0.5, 0.6) is 5.75 Å². The third-order valence-electron chi connectivity index (χ3n) is 5.82. The molecule has 2 aromatic carbocycles. The van der Waals surface area contributed by atoms with E-state index in [0.717, 1.165) is 4.90 Å². The number of hydrogen-bond donors (Lipinski definition) is 0. The normalized spacial score (nSPS) is 15.3. The van der Waals surface area contributed by atoms with Crippen LogP contribution in [0.2, 0.25) is 10.0 Å². The van der Waals surface area contributed by atoms with Gasteiger partial charge in [0.25, 0.3) is 5.56 Å². The first kappa shape index (κ1) is 26.4. The van der Waals surface area contributed by atoms with E-state index in [-0.39, 0.29) is 11.1 Å². The van der Waals surface area contributed by atoms with Crippen molar-refractivity contribution in [2.75, 3.05) is 14.2 Å². The predicted molar refractivity (Wildman–Crippen MR) is 148 cm³/mol. The highest BCUT2D eigenvalue weighted by Gasteiger charge is 2.35. The van der Waals surface area contributed by atoms with E-state index in [9.17, 15) is 9.59 Å². The summed E-state index contributed by atoms with van der Waals surface area (Å²) in [6, 6.07) is 15.3. The van der Waals surface area contributed by atoms with Gasteiger partial charge in [-0.2, -0.15) is 0 Å². The van der Waals surface area contributed by atoms with E-state index in [0.29, 0.717) is 47.2 Å². The highest BCUT2D eigenvalue weighted by molar-refractivity contribution is 7.99. The zero-order chi connectivity index (χ0) is 27.0. The standard InChI is InChI=1S/C27H20Cl2N2O5S2/c1-14-23(26(33)35-3)24(19-12-16(29)6-10-20(19)34-2)31-25(32)21(38-27(31)30-14)13-17-7-11-22(36-17)37-18-8-4-15(28)5-9-18/h4-13,24H,1-3H3/b21-13-/t24-/m1/s1. The minimum atomic E-state index is -0.845. The summed E-state index contributed by atoms with van der Waals surface area (Å²) < 4.78 is 18.4. The molecule has 3 heterocycles. The Labute approximate surface area is 235 Å². The Morgan fingerprint density at radius 1 is 1.11 bits per heavy atom. The molecule has 0 unspecified atom stereocenters. The quantitative estimate of drug-likeness (QED) is 0.279. The van der Waals surface area contributed by atoms with Gasteiger partial charge in [0.15, 0.2) is 9.89 Å². The molecule has 194 valence electrons. The maximum Gasteiger partial charge on any atom is 0.338 e. The molecule has 5 rings (SSSR count). The lowest BCUT2D eigenvalue weighted by atomic mass is 9.95. The number of furan rings is 1. The summed E-state index contributed by atoms with van der Waals surface area (Å²) in [5.41, 5.74) is 0.878. The number of carbonyl (C=O) groups is 1. The third kappa shape index (κ3) is 5.07. The van der Waals surface area contributed by atoms with Gasteiger partial charge in [0.05, 0.1) is 30.0 Å². The number of nitrogens with zero attached hydrogens (tertiary/aromatic N) is 2. The molecular formula is C27H20Cl2N2O5S2. The summed E-state index contributed by atoms with van der Waals surface area (Å²) in [5, 5.41) is 1.75. The first-order valence-corrected chi connectivity index (χ1v) is 13.7. The Hall–Kier alpha value is -3.24. The fourth-order valence-corrected chi connectivity index (χ4v) is 6.23. The highest BCUT2D eigenvalue weighted by atomic mass is 35.5. The number of hydrogen-bond acceptors (Lipinski definition) is 8. The number of halogens is 2. The molecule has 0 N–H and O–H groups in total. The van der Waals surface area contributed by atoms with Gasteiger partial charge in [0.1, 0.15) is 17.6 Å². The number of methoxy groups -OCH3 is 2. The van der Waals surface area contributed by atoms with E-state index in [1.54, 1.807) is 37.3 Å². The van der Waals surface area contributed by atoms with Gasteiger partial charge in [-0.3, -0.25) is 9.36 Å². The maximum absolute atomic E-state index is 13.8. The molecule has 38 heavy (non-hydrogen) atoms. The van der Waals surface area contributed by atoms with Gasteiger partial charge in [0.2, 0.25) is 0 Å². The summed E-state index contributed by atoms with van der Waals surface area (Å²) in [6.07, 6.45) is 1.67. The van der Waals surface area contributed by atoms with Crippen molar-refractivity contribution in [3.63, 3.8) is 0 Å². The monoisotopic (exact) mass is 586 g/mol. The van der Waals surface area contributed by atoms with Crippen LogP contribution in [-0.4, -0.2) is 24.8 Å². The minimum Gasteiger partial charge on any atom is -0.496 e. The zero-order valence-electron chi connectivity index (χ0n) is 20.4. The summed E-state index contributed by atoms with van der Waals surface area (Å²) in [5.74, 6) is 0.384. The summed E-state index contributed by atoms with van der Waals surface area (Å²) in [4.78, 5) is 32.6. The Bertz CT molecular complexity index is 1750. The molecule has 0 spiro atoms. The largest absolute Gasteiger partial charge is 0.496 e. The lowest BCUT2D eigenvalue weighted by molar-refractivity contribution is -0.136. The van der Waals surface area contributed by atoms with Gasteiger partial charge in [0, 0.05) is 26.6 Å². The SMILES string of the molecule is COC(=O)C1=C(C)N=c2s/c(=C\c3ccc(Sc4ccc(Cl)cc4)o3)c(=O)n2[C@@H]1c1cc(Cl)ccc1OC. The molecule has 1 aliphatic heterocycles. The van der Waals surface area contributed by atoms with Crippen LogP contribution in [0.1, 0.15) is 24.3 Å². The van der Waals surface area contributed by atoms with Crippen LogP contribution in [-0.2, 0) is 9.53 Å². The van der Waals surface area contributed by atoms with Crippen molar-refractivity contribution in [2.24, 2.45) is 4.99 Å². The lowest BCUT2D eigenvalue weighted by Gasteiger charge is -2.25. The van der Waals surface area contributed by atoms with E-state index in [1.165, 1.54) is 41.9 Å². The van der Waals surface area contributed by atoms with E-state index < -0.39 is 12.0 Å². The fourth-order valence-electron chi connectivity index (χ4n) is 4.12. The van der Waals surface area contributed by atoms with Crippen LogP contribution in [0.25, 0.3) is 6.08 Å². The number of ether oxygens (including phenoxy) is 2. The fraction of sp³-hybridized carbons (Fsp3) is 0.148. The third-order valence-corrected chi connectivity index (χ3v) is 8.22. The number of aromatic nitrogens is 1. The zero-order valence-corrected chi connectivity index (χ0v) is 23.5.